The summed E-state index contributed by atoms with van der Waals surface area (Å²) in [5.74, 6) is -3.87. The lowest BCUT2D eigenvalue weighted by Gasteiger charge is -2.12. The molecule has 6 heteroatoms. The van der Waals surface area contributed by atoms with Crippen molar-refractivity contribution < 1.29 is 13.2 Å². The number of nitrogens with two attached hydrogens (primary N) is 2. The molecule has 98 valence electrons. The standard InChI is InChI=1S/C11H15F3N2.ClH/c12-8-5-7(6-9(13)11(8)14)10(16)3-1-2-4-15;/h5-6,10H,1-4,15-16H2;1H/t10-;/m0./s1. The van der Waals surface area contributed by atoms with Crippen LogP contribution in [0.1, 0.15) is 30.9 Å². The molecule has 0 aromatic heterocycles. The second kappa shape index (κ2) is 7.53. The van der Waals surface area contributed by atoms with E-state index in [0.29, 0.717) is 13.0 Å². The molecule has 1 aromatic carbocycles. The van der Waals surface area contributed by atoms with Crippen LogP contribution < -0.4 is 11.5 Å². The fraction of sp³-hybridized carbons (Fsp3) is 0.455. The van der Waals surface area contributed by atoms with Gasteiger partial charge in [-0.25, -0.2) is 13.2 Å². The summed E-state index contributed by atoms with van der Waals surface area (Å²) in [6.45, 7) is 0.554. The molecule has 0 bridgehead atoms. The molecule has 0 saturated heterocycles. The summed E-state index contributed by atoms with van der Waals surface area (Å²) >= 11 is 0. The smallest absolute Gasteiger partial charge is 0.194 e. The maximum absolute atomic E-state index is 12.9. The highest BCUT2D eigenvalue weighted by molar-refractivity contribution is 5.85. The van der Waals surface area contributed by atoms with Crippen LogP contribution in [0.2, 0.25) is 0 Å². The fourth-order valence-electron chi connectivity index (χ4n) is 1.46. The third-order valence-corrected chi connectivity index (χ3v) is 2.40. The van der Waals surface area contributed by atoms with E-state index in [-0.39, 0.29) is 18.0 Å². The number of benzene rings is 1. The first kappa shape index (κ1) is 16.2. The van der Waals surface area contributed by atoms with Gasteiger partial charge in [0.1, 0.15) is 0 Å². The Morgan fingerprint density at radius 3 is 2.06 bits per heavy atom. The minimum Gasteiger partial charge on any atom is -0.330 e. The highest BCUT2D eigenvalue weighted by Gasteiger charge is 2.14. The highest BCUT2D eigenvalue weighted by atomic mass is 35.5. The van der Waals surface area contributed by atoms with E-state index < -0.39 is 23.5 Å². The lowest BCUT2D eigenvalue weighted by atomic mass is 10.0. The summed E-state index contributed by atoms with van der Waals surface area (Å²) in [4.78, 5) is 0. The molecule has 0 unspecified atom stereocenters. The second-order valence-electron chi connectivity index (χ2n) is 3.69. The van der Waals surface area contributed by atoms with E-state index in [1.807, 2.05) is 0 Å². The topological polar surface area (TPSA) is 52.0 Å². The first-order valence-electron chi connectivity index (χ1n) is 5.16. The third-order valence-electron chi connectivity index (χ3n) is 2.40. The van der Waals surface area contributed by atoms with Gasteiger partial charge in [-0.15, -0.1) is 12.4 Å². The molecule has 0 saturated carbocycles. The van der Waals surface area contributed by atoms with E-state index in [1.54, 1.807) is 0 Å². The largest absolute Gasteiger partial charge is 0.330 e. The van der Waals surface area contributed by atoms with Crippen molar-refractivity contribution in [2.45, 2.75) is 25.3 Å². The van der Waals surface area contributed by atoms with Gasteiger partial charge in [0.2, 0.25) is 0 Å². The predicted octanol–water partition coefficient (Wildman–Crippen LogP) is 2.65. The minimum atomic E-state index is -1.46. The van der Waals surface area contributed by atoms with Crippen molar-refractivity contribution in [2.24, 2.45) is 11.5 Å². The van der Waals surface area contributed by atoms with Gasteiger partial charge in [-0.1, -0.05) is 6.42 Å². The van der Waals surface area contributed by atoms with Crippen molar-refractivity contribution in [3.05, 3.63) is 35.1 Å². The van der Waals surface area contributed by atoms with Crippen molar-refractivity contribution in [1.82, 2.24) is 0 Å². The molecule has 0 aliphatic carbocycles. The summed E-state index contributed by atoms with van der Waals surface area (Å²) in [5.41, 5.74) is 11.3. The van der Waals surface area contributed by atoms with Crippen molar-refractivity contribution in [1.29, 1.82) is 0 Å². The summed E-state index contributed by atoms with van der Waals surface area (Å²) < 4.78 is 38.5. The summed E-state index contributed by atoms with van der Waals surface area (Å²) in [6, 6.07) is 1.38. The third kappa shape index (κ3) is 4.53. The minimum absolute atomic E-state index is 0. The first-order chi connectivity index (χ1) is 7.56. The van der Waals surface area contributed by atoms with Crippen LogP contribution in [-0.2, 0) is 0 Å². The van der Waals surface area contributed by atoms with Crippen LogP contribution in [-0.4, -0.2) is 6.54 Å². The van der Waals surface area contributed by atoms with Gasteiger partial charge < -0.3 is 11.5 Å². The van der Waals surface area contributed by atoms with Crippen LogP contribution in [0.3, 0.4) is 0 Å². The highest BCUT2D eigenvalue weighted by Crippen LogP contribution is 2.21. The quantitative estimate of drug-likeness (QED) is 0.637. The second-order valence-corrected chi connectivity index (χ2v) is 3.69. The molecule has 0 heterocycles. The molecule has 0 spiro atoms. The average molecular weight is 269 g/mol. The Balaban J connectivity index is 0.00000256. The molecule has 1 rings (SSSR count). The SMILES string of the molecule is Cl.NCCCC[C@H](N)c1cc(F)c(F)c(F)c1. The van der Waals surface area contributed by atoms with Gasteiger partial charge >= 0.3 is 0 Å². The Labute approximate surface area is 105 Å². The van der Waals surface area contributed by atoms with Gasteiger partial charge in [-0.05, 0) is 37.1 Å². The van der Waals surface area contributed by atoms with Crippen molar-refractivity contribution >= 4 is 12.4 Å². The molecule has 2 nitrogen and oxygen atoms in total. The molecule has 1 aromatic rings. The lowest BCUT2D eigenvalue weighted by molar-refractivity contribution is 0.442. The maximum atomic E-state index is 12.9. The summed E-state index contributed by atoms with van der Waals surface area (Å²) in [6.07, 6.45) is 2.15. The van der Waals surface area contributed by atoms with Gasteiger partial charge in [0.25, 0.3) is 0 Å². The van der Waals surface area contributed by atoms with Crippen molar-refractivity contribution in [3.8, 4) is 0 Å². The number of rotatable bonds is 5. The Kier molecular flexibility index (Phi) is 7.18. The molecule has 0 aliphatic heterocycles. The molecule has 0 amide bonds. The van der Waals surface area contributed by atoms with Gasteiger partial charge in [0.05, 0.1) is 0 Å². The van der Waals surface area contributed by atoms with Gasteiger partial charge in [-0.3, -0.25) is 0 Å². The van der Waals surface area contributed by atoms with E-state index >= 15 is 0 Å². The first-order valence-corrected chi connectivity index (χ1v) is 5.16. The molecule has 0 aliphatic rings. The van der Waals surface area contributed by atoms with E-state index in [0.717, 1.165) is 25.0 Å². The number of hydrogen-bond donors (Lipinski definition) is 2. The zero-order valence-corrected chi connectivity index (χ0v) is 10.1. The van der Waals surface area contributed by atoms with Crippen molar-refractivity contribution in [2.75, 3.05) is 6.54 Å². The Bertz CT molecular complexity index is 338. The molecular weight excluding hydrogens is 253 g/mol. The predicted molar refractivity (Wildman–Crippen MR) is 63.4 cm³/mol. The van der Waals surface area contributed by atoms with Crippen molar-refractivity contribution in [3.63, 3.8) is 0 Å². The zero-order valence-electron chi connectivity index (χ0n) is 9.26. The Morgan fingerprint density at radius 2 is 1.59 bits per heavy atom. The number of unbranched alkanes of at least 4 members (excludes halogenated alkanes) is 1. The fourth-order valence-corrected chi connectivity index (χ4v) is 1.46. The molecule has 4 N–H and O–H groups in total. The van der Waals surface area contributed by atoms with Crippen LogP contribution in [0.15, 0.2) is 12.1 Å². The summed E-state index contributed by atoms with van der Waals surface area (Å²) in [7, 11) is 0. The average Bonchev–Trinajstić information content (AvgIpc) is 2.25. The van der Waals surface area contributed by atoms with Gasteiger partial charge in [0, 0.05) is 6.04 Å². The van der Waals surface area contributed by atoms with Crippen LogP contribution >= 0.6 is 12.4 Å². The maximum Gasteiger partial charge on any atom is 0.194 e. The van der Waals surface area contributed by atoms with Crippen LogP contribution in [0.4, 0.5) is 13.2 Å². The number of hydrogen-bond acceptors (Lipinski definition) is 2. The van der Waals surface area contributed by atoms with Gasteiger partial charge in [0.15, 0.2) is 17.5 Å². The Hall–Kier alpha value is -0.780. The molecule has 0 fully saturated rings. The van der Waals surface area contributed by atoms with E-state index in [4.69, 9.17) is 11.5 Å². The lowest BCUT2D eigenvalue weighted by Crippen LogP contribution is -2.12. The monoisotopic (exact) mass is 268 g/mol. The molecular formula is C11H16ClF3N2. The molecule has 0 radical (unpaired) electrons. The normalized spacial score (nSPS) is 12.1. The Morgan fingerprint density at radius 1 is 1.06 bits per heavy atom. The van der Waals surface area contributed by atoms with E-state index in [1.165, 1.54) is 0 Å². The van der Waals surface area contributed by atoms with E-state index in [9.17, 15) is 13.2 Å². The van der Waals surface area contributed by atoms with Crippen LogP contribution in [0.5, 0.6) is 0 Å². The molecule has 1 atom stereocenters. The van der Waals surface area contributed by atoms with Crippen LogP contribution in [0.25, 0.3) is 0 Å². The molecule has 17 heavy (non-hydrogen) atoms. The van der Waals surface area contributed by atoms with E-state index in [2.05, 4.69) is 0 Å². The zero-order chi connectivity index (χ0) is 12.1. The number of halogens is 4. The summed E-state index contributed by atoms with van der Waals surface area (Å²) in [5, 5.41) is 0. The van der Waals surface area contributed by atoms with Gasteiger partial charge in [-0.2, -0.15) is 0 Å². The van der Waals surface area contributed by atoms with Crippen LogP contribution in [0, 0.1) is 17.5 Å².